The van der Waals surface area contributed by atoms with Crippen LogP contribution in [0.25, 0.3) is 0 Å². The average molecular weight is 303 g/mol. The number of amidine groups is 1. The van der Waals surface area contributed by atoms with E-state index in [9.17, 15) is 0 Å². The normalized spacial score (nSPS) is 12.1. The summed E-state index contributed by atoms with van der Waals surface area (Å²) in [4.78, 5) is 0. The van der Waals surface area contributed by atoms with Gasteiger partial charge in [-0.15, -0.1) is 4.68 Å². The summed E-state index contributed by atoms with van der Waals surface area (Å²) in [5, 5.41) is 4.05. The number of hydrazone groups is 1. The van der Waals surface area contributed by atoms with Gasteiger partial charge in [-0.25, -0.2) is 0 Å². The summed E-state index contributed by atoms with van der Waals surface area (Å²) in [5.74, 6) is 0.652. The second kappa shape index (κ2) is 6.53. The highest BCUT2D eigenvalue weighted by atomic mass is 127. The van der Waals surface area contributed by atoms with Gasteiger partial charge in [0.1, 0.15) is 7.05 Å². The van der Waals surface area contributed by atoms with Crippen LogP contribution in [0, 0.1) is 0 Å². The SMILES string of the molecule is CC=N[N+](C)=C(N)c1ccccc1.[I-]. The highest BCUT2D eigenvalue weighted by Crippen LogP contribution is 1.96. The number of halogens is 1. The molecule has 0 bridgehead atoms. The van der Waals surface area contributed by atoms with E-state index in [-0.39, 0.29) is 24.0 Å². The molecule has 0 atom stereocenters. The van der Waals surface area contributed by atoms with Crippen LogP contribution in [-0.2, 0) is 0 Å². The fraction of sp³-hybridized carbons (Fsp3) is 0.200. The third kappa shape index (κ3) is 3.45. The summed E-state index contributed by atoms with van der Waals surface area (Å²) < 4.78 is 1.65. The number of rotatable bonds is 2. The van der Waals surface area contributed by atoms with Crippen LogP contribution in [0.1, 0.15) is 12.5 Å². The number of benzene rings is 1. The molecule has 0 saturated carbocycles. The molecule has 76 valence electrons. The molecule has 1 aromatic rings. The summed E-state index contributed by atoms with van der Waals surface area (Å²) >= 11 is 0. The maximum atomic E-state index is 5.85. The third-order valence-corrected chi connectivity index (χ3v) is 1.71. The smallest absolute Gasteiger partial charge is 0.300 e. The van der Waals surface area contributed by atoms with Crippen molar-refractivity contribution in [3.63, 3.8) is 0 Å². The molecule has 0 unspecified atom stereocenters. The van der Waals surface area contributed by atoms with Crippen molar-refractivity contribution in [1.82, 2.24) is 0 Å². The van der Waals surface area contributed by atoms with Crippen molar-refractivity contribution < 1.29 is 28.7 Å². The second-order valence-corrected chi connectivity index (χ2v) is 2.65. The average Bonchev–Trinajstić information content (AvgIpc) is 2.18. The van der Waals surface area contributed by atoms with E-state index in [1.807, 2.05) is 44.3 Å². The maximum Gasteiger partial charge on any atom is 0.300 e. The first-order chi connectivity index (χ1) is 6.25. The minimum Gasteiger partial charge on any atom is -1.00 e. The Balaban J connectivity index is 0.00000169. The Labute approximate surface area is 101 Å². The van der Waals surface area contributed by atoms with Crippen molar-refractivity contribution in [1.29, 1.82) is 0 Å². The number of nitrogens with two attached hydrogens (primary N) is 1. The first kappa shape index (κ1) is 13.1. The maximum absolute atomic E-state index is 5.85. The Bertz CT molecular complexity index is 330. The van der Waals surface area contributed by atoms with Crippen LogP contribution in [0.5, 0.6) is 0 Å². The Morgan fingerprint density at radius 3 is 2.43 bits per heavy atom. The summed E-state index contributed by atoms with van der Waals surface area (Å²) in [6.45, 7) is 1.86. The summed E-state index contributed by atoms with van der Waals surface area (Å²) in [6, 6.07) is 9.77. The van der Waals surface area contributed by atoms with Gasteiger partial charge in [0.15, 0.2) is 0 Å². The third-order valence-electron chi connectivity index (χ3n) is 1.71. The van der Waals surface area contributed by atoms with Crippen molar-refractivity contribution in [2.75, 3.05) is 7.05 Å². The van der Waals surface area contributed by atoms with Crippen molar-refractivity contribution in [3.8, 4) is 0 Å². The topological polar surface area (TPSA) is 41.4 Å². The zero-order valence-electron chi connectivity index (χ0n) is 8.31. The van der Waals surface area contributed by atoms with Gasteiger partial charge < -0.3 is 24.0 Å². The first-order valence-electron chi connectivity index (χ1n) is 4.16. The van der Waals surface area contributed by atoms with Crippen molar-refractivity contribution in [2.24, 2.45) is 10.8 Å². The van der Waals surface area contributed by atoms with Gasteiger partial charge in [-0.1, -0.05) is 23.3 Å². The quantitative estimate of drug-likeness (QED) is 0.223. The summed E-state index contributed by atoms with van der Waals surface area (Å²) in [5.41, 5.74) is 6.84. The minimum absolute atomic E-state index is 0. The van der Waals surface area contributed by atoms with Gasteiger partial charge in [-0.05, 0) is 19.1 Å². The zero-order valence-corrected chi connectivity index (χ0v) is 10.5. The van der Waals surface area contributed by atoms with Crippen molar-refractivity contribution in [3.05, 3.63) is 35.9 Å². The molecular formula is C10H14IN3. The van der Waals surface area contributed by atoms with E-state index in [4.69, 9.17) is 5.73 Å². The number of hydrogen-bond donors (Lipinski definition) is 1. The standard InChI is InChI=1S/C10H13N3.HI/c1-3-12-13(2)10(11)9-7-5-4-6-8-9;/h3-8,11H,1-2H3;1H. The van der Waals surface area contributed by atoms with Crippen LogP contribution in [0.4, 0.5) is 0 Å². The molecule has 0 saturated heterocycles. The van der Waals surface area contributed by atoms with Gasteiger partial charge in [0.2, 0.25) is 0 Å². The molecule has 0 aliphatic heterocycles. The molecule has 3 nitrogen and oxygen atoms in total. The van der Waals surface area contributed by atoms with E-state index in [0.29, 0.717) is 5.84 Å². The number of hydrogen-bond acceptors (Lipinski definition) is 1. The van der Waals surface area contributed by atoms with Crippen LogP contribution in [0.2, 0.25) is 0 Å². The molecule has 14 heavy (non-hydrogen) atoms. The molecule has 0 aliphatic rings. The van der Waals surface area contributed by atoms with Gasteiger partial charge >= 0.3 is 0 Å². The van der Waals surface area contributed by atoms with E-state index >= 15 is 0 Å². The fourth-order valence-corrected chi connectivity index (χ4v) is 1.03. The van der Waals surface area contributed by atoms with Crippen molar-refractivity contribution in [2.45, 2.75) is 6.92 Å². The molecular weight excluding hydrogens is 289 g/mol. The van der Waals surface area contributed by atoms with Crippen LogP contribution in [0.15, 0.2) is 35.4 Å². The highest BCUT2D eigenvalue weighted by Gasteiger charge is 2.05. The molecule has 0 amide bonds. The lowest BCUT2D eigenvalue weighted by atomic mass is 10.2. The molecule has 2 N–H and O–H groups in total. The predicted molar refractivity (Wildman–Crippen MR) is 55.1 cm³/mol. The minimum atomic E-state index is 0. The largest absolute Gasteiger partial charge is 1.00 e. The molecule has 0 heterocycles. The summed E-state index contributed by atoms with van der Waals surface area (Å²) in [6.07, 6.45) is 1.70. The monoisotopic (exact) mass is 303 g/mol. The van der Waals surface area contributed by atoms with Gasteiger partial charge in [-0.2, -0.15) is 0 Å². The van der Waals surface area contributed by atoms with Crippen LogP contribution >= 0.6 is 0 Å². The lowest BCUT2D eigenvalue weighted by Crippen LogP contribution is -3.00. The van der Waals surface area contributed by atoms with E-state index in [1.54, 1.807) is 10.9 Å². The number of nitrogens with zero attached hydrogens (tertiary/aromatic N) is 2. The van der Waals surface area contributed by atoms with Gasteiger partial charge in [0.05, 0.1) is 5.56 Å². The second-order valence-electron chi connectivity index (χ2n) is 2.65. The molecule has 0 radical (unpaired) electrons. The van der Waals surface area contributed by atoms with Gasteiger partial charge in [-0.3, -0.25) is 5.73 Å². The molecule has 1 rings (SSSR count). The van der Waals surface area contributed by atoms with Crippen LogP contribution in [-0.4, -0.2) is 23.8 Å². The van der Waals surface area contributed by atoms with E-state index < -0.39 is 0 Å². The molecule has 4 heteroatoms. The van der Waals surface area contributed by atoms with Gasteiger partial charge in [0, 0.05) is 6.21 Å². The Morgan fingerprint density at radius 2 is 1.93 bits per heavy atom. The lowest BCUT2D eigenvalue weighted by Gasteiger charge is -1.96. The van der Waals surface area contributed by atoms with Crippen LogP contribution < -0.4 is 29.7 Å². The first-order valence-corrected chi connectivity index (χ1v) is 4.16. The fourth-order valence-electron chi connectivity index (χ4n) is 1.03. The zero-order chi connectivity index (χ0) is 9.68. The Kier molecular flexibility index (Phi) is 6.11. The molecule has 0 fully saturated rings. The van der Waals surface area contributed by atoms with E-state index in [1.165, 1.54) is 0 Å². The van der Waals surface area contributed by atoms with Crippen LogP contribution in [0.3, 0.4) is 0 Å². The van der Waals surface area contributed by atoms with E-state index in [2.05, 4.69) is 5.10 Å². The Morgan fingerprint density at radius 1 is 1.36 bits per heavy atom. The summed E-state index contributed by atoms with van der Waals surface area (Å²) in [7, 11) is 1.82. The molecule has 0 spiro atoms. The predicted octanol–water partition coefficient (Wildman–Crippen LogP) is -1.96. The Hall–Kier alpha value is -0.910. The molecule has 0 aromatic heterocycles. The lowest BCUT2D eigenvalue weighted by molar-refractivity contribution is -0.502. The molecule has 0 aliphatic carbocycles. The molecule has 1 aromatic carbocycles. The van der Waals surface area contributed by atoms with Gasteiger partial charge in [0.25, 0.3) is 5.84 Å². The van der Waals surface area contributed by atoms with E-state index in [0.717, 1.165) is 5.56 Å². The highest BCUT2D eigenvalue weighted by molar-refractivity contribution is 5.93. The van der Waals surface area contributed by atoms with Crippen molar-refractivity contribution >= 4 is 12.1 Å².